The monoisotopic (exact) mass is 269 g/mol. The number of hydrogen-bond donors (Lipinski definition) is 1. The lowest BCUT2D eigenvalue weighted by molar-refractivity contribution is 0.321. The average molecular weight is 269 g/mol. The van der Waals surface area contributed by atoms with E-state index in [-0.39, 0.29) is 0 Å². The van der Waals surface area contributed by atoms with Crippen molar-refractivity contribution in [2.75, 3.05) is 18.5 Å². The van der Waals surface area contributed by atoms with Crippen molar-refractivity contribution >= 4 is 5.69 Å². The van der Waals surface area contributed by atoms with Gasteiger partial charge in [0.25, 0.3) is 0 Å². The summed E-state index contributed by atoms with van der Waals surface area (Å²) in [5.74, 6) is 0.884. The molecular formula is C17H23N3. The molecule has 1 N–H and O–H groups in total. The molecule has 2 saturated heterocycles. The Balaban J connectivity index is 1.71. The Morgan fingerprint density at radius 1 is 1.20 bits per heavy atom. The van der Waals surface area contributed by atoms with Crippen LogP contribution in [0.15, 0.2) is 24.3 Å². The lowest BCUT2D eigenvalue weighted by Gasteiger charge is -2.40. The summed E-state index contributed by atoms with van der Waals surface area (Å²) in [6.07, 6.45) is 6.64. The molecule has 0 radical (unpaired) electrons. The minimum atomic E-state index is 0.712. The van der Waals surface area contributed by atoms with Crippen LogP contribution >= 0.6 is 0 Å². The molecule has 2 heterocycles. The van der Waals surface area contributed by atoms with Crippen LogP contribution in [0.25, 0.3) is 0 Å². The molecule has 0 spiro atoms. The zero-order chi connectivity index (χ0) is 13.9. The van der Waals surface area contributed by atoms with Gasteiger partial charge in [-0.05, 0) is 75.9 Å². The smallest absolute Gasteiger partial charge is 0.0991 e. The van der Waals surface area contributed by atoms with E-state index in [1.165, 1.54) is 37.8 Å². The van der Waals surface area contributed by atoms with Crippen molar-refractivity contribution < 1.29 is 0 Å². The van der Waals surface area contributed by atoms with Gasteiger partial charge in [0.2, 0.25) is 0 Å². The number of hydrogen-bond acceptors (Lipinski definition) is 3. The molecule has 20 heavy (non-hydrogen) atoms. The highest BCUT2D eigenvalue weighted by Gasteiger charge is 2.40. The summed E-state index contributed by atoms with van der Waals surface area (Å²) in [7, 11) is 2.04. The van der Waals surface area contributed by atoms with E-state index in [9.17, 15) is 0 Å². The summed E-state index contributed by atoms with van der Waals surface area (Å²) in [5, 5.41) is 12.2. The van der Waals surface area contributed by atoms with E-state index in [4.69, 9.17) is 5.26 Å². The standard InChI is InChI=1S/C17H23N3/c1-19-9-8-14-10-16-6-7-17(11-14)20(16)15-4-2-13(12-18)3-5-15/h2-5,14,16-17,19H,6-11H2,1H3. The number of fused-ring (bicyclic) bond motifs is 2. The third-order valence-corrected chi connectivity index (χ3v) is 4.93. The molecule has 0 aromatic heterocycles. The van der Waals surface area contributed by atoms with Crippen molar-refractivity contribution in [1.82, 2.24) is 5.32 Å². The van der Waals surface area contributed by atoms with Gasteiger partial charge < -0.3 is 10.2 Å². The molecule has 3 nitrogen and oxygen atoms in total. The van der Waals surface area contributed by atoms with Gasteiger partial charge in [-0.3, -0.25) is 0 Å². The van der Waals surface area contributed by atoms with Gasteiger partial charge in [0.15, 0.2) is 0 Å². The third-order valence-electron chi connectivity index (χ3n) is 4.93. The Kier molecular flexibility index (Phi) is 3.93. The quantitative estimate of drug-likeness (QED) is 0.913. The number of nitriles is 1. The number of benzene rings is 1. The first-order valence-corrected chi connectivity index (χ1v) is 7.75. The number of rotatable bonds is 4. The molecule has 3 rings (SSSR count). The van der Waals surface area contributed by atoms with Gasteiger partial charge in [-0.15, -0.1) is 0 Å². The lowest BCUT2D eigenvalue weighted by atomic mass is 9.87. The third kappa shape index (κ3) is 2.53. The zero-order valence-electron chi connectivity index (χ0n) is 12.2. The first-order chi connectivity index (χ1) is 9.81. The Hall–Kier alpha value is -1.53. The number of nitrogens with zero attached hydrogens (tertiary/aromatic N) is 2. The normalized spacial score (nSPS) is 28.4. The summed E-state index contributed by atoms with van der Waals surface area (Å²) < 4.78 is 0. The molecule has 2 aliphatic rings. The van der Waals surface area contributed by atoms with Crippen molar-refractivity contribution in [3.8, 4) is 6.07 Å². The largest absolute Gasteiger partial charge is 0.366 e. The Labute approximate surface area is 121 Å². The van der Waals surface area contributed by atoms with E-state index >= 15 is 0 Å². The van der Waals surface area contributed by atoms with Crippen LogP contribution in [0.4, 0.5) is 5.69 Å². The Bertz CT molecular complexity index is 474. The minimum absolute atomic E-state index is 0.712. The van der Waals surface area contributed by atoms with Gasteiger partial charge in [0.05, 0.1) is 11.6 Å². The molecule has 3 heteroatoms. The molecule has 0 aliphatic carbocycles. The highest BCUT2D eigenvalue weighted by Crippen LogP contribution is 2.42. The first kappa shape index (κ1) is 13.5. The van der Waals surface area contributed by atoms with Crippen LogP contribution in [-0.4, -0.2) is 25.7 Å². The van der Waals surface area contributed by atoms with Gasteiger partial charge in [0, 0.05) is 17.8 Å². The van der Waals surface area contributed by atoms with E-state index in [0.717, 1.165) is 18.0 Å². The Morgan fingerprint density at radius 2 is 1.85 bits per heavy atom. The van der Waals surface area contributed by atoms with Gasteiger partial charge in [-0.1, -0.05) is 0 Å². The van der Waals surface area contributed by atoms with Crippen molar-refractivity contribution in [2.24, 2.45) is 5.92 Å². The number of nitrogens with one attached hydrogen (secondary N) is 1. The molecule has 0 saturated carbocycles. The van der Waals surface area contributed by atoms with Gasteiger partial charge >= 0.3 is 0 Å². The van der Waals surface area contributed by atoms with E-state index in [1.54, 1.807) is 0 Å². The van der Waals surface area contributed by atoms with Crippen LogP contribution < -0.4 is 10.2 Å². The van der Waals surface area contributed by atoms with Gasteiger partial charge in [0.1, 0.15) is 0 Å². The molecule has 2 unspecified atom stereocenters. The number of anilines is 1. The number of piperidine rings is 1. The highest BCUT2D eigenvalue weighted by molar-refractivity contribution is 5.52. The highest BCUT2D eigenvalue weighted by atomic mass is 15.2. The van der Waals surface area contributed by atoms with Crippen molar-refractivity contribution in [3.63, 3.8) is 0 Å². The molecule has 1 aromatic carbocycles. The van der Waals surface area contributed by atoms with Crippen LogP contribution in [0.2, 0.25) is 0 Å². The predicted octanol–water partition coefficient (Wildman–Crippen LogP) is 2.92. The van der Waals surface area contributed by atoms with Crippen LogP contribution in [0.5, 0.6) is 0 Å². The fourth-order valence-electron chi connectivity index (χ4n) is 4.00. The summed E-state index contributed by atoms with van der Waals surface area (Å²) in [6, 6.07) is 11.8. The SMILES string of the molecule is CNCCC1CC2CCC(C1)N2c1ccc(C#N)cc1. The van der Waals surface area contributed by atoms with E-state index in [2.05, 4.69) is 28.4 Å². The molecule has 106 valence electrons. The Morgan fingerprint density at radius 3 is 2.40 bits per heavy atom. The first-order valence-electron chi connectivity index (χ1n) is 7.75. The average Bonchev–Trinajstić information content (AvgIpc) is 2.76. The second-order valence-electron chi connectivity index (χ2n) is 6.18. The topological polar surface area (TPSA) is 39.1 Å². The fraction of sp³-hybridized carbons (Fsp3) is 0.588. The molecule has 2 aliphatic heterocycles. The van der Waals surface area contributed by atoms with Crippen LogP contribution in [0.3, 0.4) is 0 Å². The fourth-order valence-corrected chi connectivity index (χ4v) is 4.00. The maximum atomic E-state index is 8.90. The molecule has 2 bridgehead atoms. The van der Waals surface area contributed by atoms with Crippen molar-refractivity contribution in [3.05, 3.63) is 29.8 Å². The lowest BCUT2D eigenvalue weighted by Crippen LogP contribution is -2.43. The summed E-state index contributed by atoms with van der Waals surface area (Å²) in [6.45, 7) is 1.14. The molecule has 2 atom stereocenters. The van der Waals surface area contributed by atoms with Crippen LogP contribution in [-0.2, 0) is 0 Å². The van der Waals surface area contributed by atoms with Gasteiger partial charge in [-0.2, -0.15) is 5.26 Å². The molecule has 1 aromatic rings. The maximum Gasteiger partial charge on any atom is 0.0991 e. The summed E-state index contributed by atoms with van der Waals surface area (Å²) in [4.78, 5) is 2.62. The summed E-state index contributed by atoms with van der Waals surface area (Å²) >= 11 is 0. The maximum absolute atomic E-state index is 8.90. The molecule has 0 amide bonds. The summed E-state index contributed by atoms with van der Waals surface area (Å²) in [5.41, 5.74) is 2.06. The second-order valence-corrected chi connectivity index (χ2v) is 6.18. The van der Waals surface area contributed by atoms with E-state index in [0.29, 0.717) is 12.1 Å². The van der Waals surface area contributed by atoms with Crippen LogP contribution in [0.1, 0.15) is 37.7 Å². The zero-order valence-corrected chi connectivity index (χ0v) is 12.2. The molecular weight excluding hydrogens is 246 g/mol. The van der Waals surface area contributed by atoms with Crippen molar-refractivity contribution in [2.45, 2.75) is 44.2 Å². The minimum Gasteiger partial charge on any atom is -0.366 e. The second kappa shape index (κ2) is 5.85. The van der Waals surface area contributed by atoms with Gasteiger partial charge in [-0.25, -0.2) is 0 Å². The van der Waals surface area contributed by atoms with Crippen LogP contribution in [0, 0.1) is 17.2 Å². The van der Waals surface area contributed by atoms with Crippen molar-refractivity contribution in [1.29, 1.82) is 5.26 Å². The molecule has 2 fully saturated rings. The van der Waals surface area contributed by atoms with E-state index < -0.39 is 0 Å². The predicted molar refractivity (Wildman–Crippen MR) is 81.7 cm³/mol. The van der Waals surface area contributed by atoms with E-state index in [1.807, 2.05) is 19.2 Å².